The highest BCUT2D eigenvalue weighted by Gasteiger charge is 2.11. The maximum atomic E-state index is 13.6. The van der Waals surface area contributed by atoms with Crippen LogP contribution in [-0.4, -0.2) is 7.11 Å². The number of ether oxygens (including phenoxy) is 2. The van der Waals surface area contributed by atoms with Crippen LogP contribution in [0.25, 0.3) is 0 Å². The second-order valence-electron chi connectivity index (χ2n) is 3.33. The van der Waals surface area contributed by atoms with Gasteiger partial charge in [0.25, 0.3) is 0 Å². The molecule has 0 saturated carbocycles. The molecule has 0 amide bonds. The first-order chi connectivity index (χ1) is 8.20. The van der Waals surface area contributed by atoms with Crippen molar-refractivity contribution >= 4 is 15.9 Å². The fourth-order valence-electron chi connectivity index (χ4n) is 1.37. The minimum atomic E-state index is -0.452. The van der Waals surface area contributed by atoms with Crippen molar-refractivity contribution in [1.82, 2.24) is 0 Å². The minimum absolute atomic E-state index is 0.0947. The average molecular weight is 297 g/mol. The van der Waals surface area contributed by atoms with Gasteiger partial charge >= 0.3 is 0 Å². The number of halogens is 2. The molecule has 0 aromatic heterocycles. The average Bonchev–Trinajstić information content (AvgIpc) is 2.34. The van der Waals surface area contributed by atoms with Gasteiger partial charge in [-0.2, -0.15) is 0 Å². The maximum absolute atomic E-state index is 13.6. The number of para-hydroxylation sites is 1. The molecule has 0 aliphatic heterocycles. The molecule has 17 heavy (non-hydrogen) atoms. The smallest absolute Gasteiger partial charge is 0.204 e. The summed E-state index contributed by atoms with van der Waals surface area (Å²) < 4.78 is 25.0. The van der Waals surface area contributed by atoms with Crippen LogP contribution in [0.5, 0.6) is 17.2 Å². The molecule has 2 aromatic carbocycles. The topological polar surface area (TPSA) is 18.5 Å². The van der Waals surface area contributed by atoms with Crippen molar-refractivity contribution in [2.75, 3.05) is 7.11 Å². The first-order valence-corrected chi connectivity index (χ1v) is 5.76. The summed E-state index contributed by atoms with van der Waals surface area (Å²) in [6, 6.07) is 11.7. The Labute approximate surface area is 107 Å². The van der Waals surface area contributed by atoms with Gasteiger partial charge in [0.05, 0.1) is 7.11 Å². The zero-order chi connectivity index (χ0) is 12.3. The lowest BCUT2D eigenvalue weighted by Gasteiger charge is -2.10. The molecule has 0 radical (unpaired) electrons. The van der Waals surface area contributed by atoms with E-state index in [1.54, 1.807) is 24.3 Å². The quantitative estimate of drug-likeness (QED) is 0.836. The van der Waals surface area contributed by atoms with Crippen LogP contribution in [0.4, 0.5) is 4.39 Å². The van der Waals surface area contributed by atoms with Crippen LogP contribution in [0.15, 0.2) is 46.9 Å². The van der Waals surface area contributed by atoms with Crippen LogP contribution in [0.3, 0.4) is 0 Å². The van der Waals surface area contributed by atoms with E-state index in [1.165, 1.54) is 13.2 Å². The molecule has 2 nitrogen and oxygen atoms in total. The van der Waals surface area contributed by atoms with Crippen molar-refractivity contribution < 1.29 is 13.9 Å². The van der Waals surface area contributed by atoms with E-state index in [0.29, 0.717) is 11.5 Å². The van der Waals surface area contributed by atoms with Crippen LogP contribution in [0, 0.1) is 5.82 Å². The maximum Gasteiger partial charge on any atom is 0.204 e. The highest BCUT2D eigenvalue weighted by molar-refractivity contribution is 9.10. The lowest BCUT2D eigenvalue weighted by atomic mass is 10.3. The molecule has 0 spiro atoms. The fourth-order valence-corrected chi connectivity index (χ4v) is 1.63. The highest BCUT2D eigenvalue weighted by Crippen LogP contribution is 2.34. The Morgan fingerprint density at radius 1 is 1.06 bits per heavy atom. The molecule has 0 bridgehead atoms. The molecule has 0 aliphatic rings. The Morgan fingerprint density at radius 3 is 2.41 bits per heavy atom. The molecule has 0 saturated heterocycles. The fraction of sp³-hybridized carbons (Fsp3) is 0.0769. The zero-order valence-electron chi connectivity index (χ0n) is 9.11. The summed E-state index contributed by atoms with van der Waals surface area (Å²) in [5.41, 5.74) is 0. The summed E-state index contributed by atoms with van der Waals surface area (Å²) in [6.07, 6.45) is 0. The Balaban J connectivity index is 2.32. The van der Waals surface area contributed by atoms with Crippen LogP contribution in [-0.2, 0) is 0 Å². The van der Waals surface area contributed by atoms with Gasteiger partial charge in [0.2, 0.25) is 5.75 Å². The summed E-state index contributed by atoms with van der Waals surface area (Å²) in [5, 5.41) is 0. The SMILES string of the molecule is COc1cccc(F)c1Oc1ccc(Br)cc1. The van der Waals surface area contributed by atoms with Crippen LogP contribution >= 0.6 is 15.9 Å². The number of methoxy groups -OCH3 is 1. The van der Waals surface area contributed by atoms with Crippen LogP contribution < -0.4 is 9.47 Å². The van der Waals surface area contributed by atoms with E-state index < -0.39 is 5.82 Å². The summed E-state index contributed by atoms with van der Waals surface area (Å²) in [5.74, 6) is 0.564. The molecule has 2 aromatic rings. The molecular formula is C13H10BrFO2. The van der Waals surface area contributed by atoms with Gasteiger partial charge < -0.3 is 9.47 Å². The number of hydrogen-bond donors (Lipinski definition) is 0. The molecule has 0 aliphatic carbocycles. The lowest BCUT2D eigenvalue weighted by molar-refractivity contribution is 0.364. The molecule has 0 atom stereocenters. The standard InChI is InChI=1S/C13H10BrFO2/c1-16-12-4-2-3-11(15)13(12)17-10-7-5-9(14)6-8-10/h2-8H,1H3. The van der Waals surface area contributed by atoms with Gasteiger partial charge in [0.15, 0.2) is 11.6 Å². The number of benzene rings is 2. The van der Waals surface area contributed by atoms with E-state index in [-0.39, 0.29) is 5.75 Å². The monoisotopic (exact) mass is 296 g/mol. The van der Waals surface area contributed by atoms with E-state index in [2.05, 4.69) is 15.9 Å². The molecule has 88 valence electrons. The number of rotatable bonds is 3. The zero-order valence-corrected chi connectivity index (χ0v) is 10.7. The van der Waals surface area contributed by atoms with Crippen LogP contribution in [0.1, 0.15) is 0 Å². The van der Waals surface area contributed by atoms with E-state index in [4.69, 9.17) is 9.47 Å². The molecule has 0 fully saturated rings. The highest BCUT2D eigenvalue weighted by atomic mass is 79.9. The van der Waals surface area contributed by atoms with Gasteiger partial charge in [-0.25, -0.2) is 4.39 Å². The van der Waals surface area contributed by atoms with E-state index >= 15 is 0 Å². The van der Waals surface area contributed by atoms with Gasteiger partial charge in [0, 0.05) is 4.47 Å². The van der Waals surface area contributed by atoms with Crippen molar-refractivity contribution in [1.29, 1.82) is 0 Å². The van der Waals surface area contributed by atoms with Gasteiger partial charge in [-0.3, -0.25) is 0 Å². The molecule has 0 heterocycles. The van der Waals surface area contributed by atoms with Crippen molar-refractivity contribution in [3.63, 3.8) is 0 Å². The van der Waals surface area contributed by atoms with Crippen molar-refractivity contribution in [3.8, 4) is 17.2 Å². The van der Waals surface area contributed by atoms with E-state index in [0.717, 1.165) is 4.47 Å². The Hall–Kier alpha value is -1.55. The molecule has 0 unspecified atom stereocenters. The molecule has 2 rings (SSSR count). The number of hydrogen-bond acceptors (Lipinski definition) is 2. The van der Waals surface area contributed by atoms with Gasteiger partial charge in [0.1, 0.15) is 5.75 Å². The molecule has 0 N–H and O–H groups in total. The first kappa shape index (κ1) is 11.9. The largest absolute Gasteiger partial charge is 0.493 e. The molecule has 4 heteroatoms. The lowest BCUT2D eigenvalue weighted by Crippen LogP contribution is -1.93. The Morgan fingerprint density at radius 2 is 1.76 bits per heavy atom. The van der Waals surface area contributed by atoms with Crippen molar-refractivity contribution in [3.05, 3.63) is 52.8 Å². The normalized spacial score (nSPS) is 10.1. The van der Waals surface area contributed by atoms with Gasteiger partial charge in [-0.1, -0.05) is 22.0 Å². The van der Waals surface area contributed by atoms with E-state index in [9.17, 15) is 4.39 Å². The van der Waals surface area contributed by atoms with Gasteiger partial charge in [-0.05, 0) is 36.4 Å². The third kappa shape index (κ3) is 2.77. The predicted octanol–water partition coefficient (Wildman–Crippen LogP) is 4.39. The van der Waals surface area contributed by atoms with Crippen molar-refractivity contribution in [2.45, 2.75) is 0 Å². The second-order valence-corrected chi connectivity index (χ2v) is 4.24. The Bertz CT molecular complexity index is 511. The third-order valence-electron chi connectivity index (χ3n) is 2.18. The Kier molecular flexibility index (Phi) is 3.64. The minimum Gasteiger partial charge on any atom is -0.493 e. The summed E-state index contributed by atoms with van der Waals surface area (Å²) in [6.45, 7) is 0. The molecular weight excluding hydrogens is 287 g/mol. The van der Waals surface area contributed by atoms with Crippen LogP contribution in [0.2, 0.25) is 0 Å². The summed E-state index contributed by atoms with van der Waals surface area (Å²) in [4.78, 5) is 0. The van der Waals surface area contributed by atoms with E-state index in [1.807, 2.05) is 12.1 Å². The predicted molar refractivity (Wildman–Crippen MR) is 67.2 cm³/mol. The summed E-state index contributed by atoms with van der Waals surface area (Å²) in [7, 11) is 1.48. The van der Waals surface area contributed by atoms with Gasteiger partial charge in [-0.15, -0.1) is 0 Å². The van der Waals surface area contributed by atoms with Crippen molar-refractivity contribution in [2.24, 2.45) is 0 Å². The first-order valence-electron chi connectivity index (χ1n) is 4.96. The third-order valence-corrected chi connectivity index (χ3v) is 2.71. The second kappa shape index (κ2) is 5.19. The summed E-state index contributed by atoms with van der Waals surface area (Å²) >= 11 is 3.32.